The van der Waals surface area contributed by atoms with Crippen LogP contribution in [0.4, 0.5) is 0 Å². The first-order chi connectivity index (χ1) is 14.8. The number of H-pyrrole nitrogens is 1. The summed E-state index contributed by atoms with van der Waals surface area (Å²) in [6.45, 7) is 3.36. The quantitative estimate of drug-likeness (QED) is 0.370. The topological polar surface area (TPSA) is 145 Å². The van der Waals surface area contributed by atoms with Crippen LogP contribution in [0.2, 0.25) is 0 Å². The summed E-state index contributed by atoms with van der Waals surface area (Å²) in [4.78, 5) is 39.8. The van der Waals surface area contributed by atoms with Gasteiger partial charge in [-0.15, -0.1) is 0 Å². The minimum absolute atomic E-state index is 0.00755. The lowest BCUT2D eigenvalue weighted by molar-refractivity contribution is -0.152. The largest absolute Gasteiger partial charge is 0.461 e. The molecule has 1 amide bonds. The Balaban J connectivity index is 2.19. The molecule has 2 aromatic rings. The second-order valence-electron chi connectivity index (χ2n) is 7.28. The SMILES string of the molecule is CO[C@@H](Cc1c[nH]c2cccc(C#N)c12)C(=O)N[C@@H](CCC(=O)C=N)C(=O)OC(C)C. The van der Waals surface area contributed by atoms with Gasteiger partial charge in [-0.05, 0) is 38.0 Å². The van der Waals surface area contributed by atoms with E-state index >= 15 is 0 Å². The van der Waals surface area contributed by atoms with Crippen molar-refractivity contribution in [2.75, 3.05) is 7.11 Å². The molecule has 0 aliphatic rings. The molecule has 0 radical (unpaired) electrons. The standard InChI is InChI=1S/C22H26N4O5/c1-13(2)31-22(29)18(8-7-16(27)11-24)26-21(28)19(30-3)9-15-12-25-17-6-4-5-14(10-23)20(15)17/h4-6,11-13,18-19,24-25H,7-9H2,1-3H3,(H,26,28)/t18-,19-/m0/s1. The molecule has 0 bridgehead atoms. The van der Waals surface area contributed by atoms with Crippen LogP contribution >= 0.6 is 0 Å². The van der Waals surface area contributed by atoms with Crippen LogP contribution in [-0.2, 0) is 30.3 Å². The Morgan fingerprint density at radius 3 is 2.68 bits per heavy atom. The van der Waals surface area contributed by atoms with Gasteiger partial charge in [0.15, 0.2) is 5.78 Å². The van der Waals surface area contributed by atoms with Gasteiger partial charge in [-0.1, -0.05) is 6.07 Å². The molecule has 2 rings (SSSR count). The number of nitriles is 1. The van der Waals surface area contributed by atoms with E-state index in [4.69, 9.17) is 14.9 Å². The summed E-state index contributed by atoms with van der Waals surface area (Å²) < 4.78 is 10.5. The molecule has 2 atom stereocenters. The fourth-order valence-corrected chi connectivity index (χ4v) is 3.18. The molecule has 0 aliphatic carbocycles. The number of aromatic amines is 1. The maximum atomic E-state index is 12.9. The third-order valence-electron chi connectivity index (χ3n) is 4.68. The lowest BCUT2D eigenvalue weighted by atomic mass is 10.0. The van der Waals surface area contributed by atoms with E-state index in [0.717, 1.165) is 11.1 Å². The van der Waals surface area contributed by atoms with E-state index < -0.39 is 29.8 Å². The number of carbonyl (C=O) groups is 3. The molecule has 0 fully saturated rings. The predicted octanol–water partition coefficient (Wildman–Crippen LogP) is 2.03. The van der Waals surface area contributed by atoms with Crippen molar-refractivity contribution in [2.45, 2.75) is 51.4 Å². The lowest BCUT2D eigenvalue weighted by Gasteiger charge is -2.22. The van der Waals surface area contributed by atoms with E-state index in [1.807, 2.05) is 6.07 Å². The van der Waals surface area contributed by atoms with Gasteiger partial charge in [-0.2, -0.15) is 5.26 Å². The summed E-state index contributed by atoms with van der Waals surface area (Å²) in [5, 5.41) is 19.7. The Bertz CT molecular complexity index is 1000. The molecule has 9 heteroatoms. The van der Waals surface area contributed by atoms with Crippen molar-refractivity contribution in [2.24, 2.45) is 0 Å². The van der Waals surface area contributed by atoms with E-state index in [1.165, 1.54) is 7.11 Å². The average molecular weight is 426 g/mol. The molecular weight excluding hydrogens is 400 g/mol. The first-order valence-corrected chi connectivity index (χ1v) is 9.86. The second-order valence-corrected chi connectivity index (χ2v) is 7.28. The van der Waals surface area contributed by atoms with Crippen molar-refractivity contribution in [3.8, 4) is 6.07 Å². The maximum absolute atomic E-state index is 12.9. The Labute approximate surface area is 180 Å². The van der Waals surface area contributed by atoms with Crippen LogP contribution in [0.25, 0.3) is 10.9 Å². The first-order valence-electron chi connectivity index (χ1n) is 9.86. The smallest absolute Gasteiger partial charge is 0.328 e. The van der Waals surface area contributed by atoms with Crippen molar-refractivity contribution >= 4 is 34.8 Å². The van der Waals surface area contributed by atoms with Crippen LogP contribution in [-0.4, -0.2) is 54.2 Å². The highest BCUT2D eigenvalue weighted by molar-refractivity contribution is 6.26. The molecule has 1 aromatic carbocycles. The predicted molar refractivity (Wildman–Crippen MR) is 114 cm³/mol. The average Bonchev–Trinajstić information content (AvgIpc) is 3.16. The molecule has 3 N–H and O–H groups in total. The summed E-state index contributed by atoms with van der Waals surface area (Å²) >= 11 is 0. The van der Waals surface area contributed by atoms with Gasteiger partial charge in [0.05, 0.1) is 24.0 Å². The molecule has 0 saturated heterocycles. The molecular formula is C22H26N4O5. The molecule has 0 unspecified atom stereocenters. The lowest BCUT2D eigenvalue weighted by Crippen LogP contribution is -2.48. The number of ether oxygens (including phenoxy) is 2. The zero-order chi connectivity index (χ0) is 23.0. The summed E-state index contributed by atoms with van der Waals surface area (Å²) in [5.41, 5.74) is 1.98. The molecule has 0 spiro atoms. The van der Waals surface area contributed by atoms with E-state index in [2.05, 4.69) is 16.4 Å². The number of hydrogen-bond acceptors (Lipinski definition) is 7. The number of esters is 1. The summed E-state index contributed by atoms with van der Waals surface area (Å²) in [5.74, 6) is -1.66. The monoisotopic (exact) mass is 426 g/mol. The molecule has 9 nitrogen and oxygen atoms in total. The minimum atomic E-state index is -1.05. The third-order valence-corrected chi connectivity index (χ3v) is 4.68. The minimum Gasteiger partial charge on any atom is -0.461 e. The fourth-order valence-electron chi connectivity index (χ4n) is 3.18. The van der Waals surface area contributed by atoms with Gasteiger partial charge in [0, 0.05) is 37.1 Å². The number of aromatic nitrogens is 1. The van der Waals surface area contributed by atoms with E-state index in [1.54, 1.807) is 32.2 Å². The number of nitrogens with one attached hydrogen (secondary N) is 3. The molecule has 0 saturated carbocycles. The second kappa shape index (κ2) is 11.0. The van der Waals surface area contributed by atoms with Gasteiger partial charge in [0.1, 0.15) is 12.1 Å². The Hall–Kier alpha value is -3.51. The van der Waals surface area contributed by atoms with Crippen LogP contribution in [0.3, 0.4) is 0 Å². The molecule has 0 aliphatic heterocycles. The van der Waals surface area contributed by atoms with Gasteiger partial charge in [0.2, 0.25) is 5.91 Å². The van der Waals surface area contributed by atoms with Gasteiger partial charge in [0.25, 0.3) is 0 Å². The molecule has 164 valence electrons. The number of carbonyl (C=O) groups excluding carboxylic acids is 3. The Morgan fingerprint density at radius 2 is 2.06 bits per heavy atom. The highest BCUT2D eigenvalue weighted by atomic mass is 16.5. The van der Waals surface area contributed by atoms with Crippen molar-refractivity contribution in [3.63, 3.8) is 0 Å². The molecule has 1 aromatic heterocycles. The van der Waals surface area contributed by atoms with Gasteiger partial charge in [-0.25, -0.2) is 4.79 Å². The van der Waals surface area contributed by atoms with Crippen LogP contribution < -0.4 is 5.32 Å². The van der Waals surface area contributed by atoms with Crippen molar-refractivity contribution in [1.29, 1.82) is 10.7 Å². The Kier molecular flexibility index (Phi) is 8.46. The number of methoxy groups -OCH3 is 1. The van der Waals surface area contributed by atoms with Gasteiger partial charge < -0.3 is 25.2 Å². The number of rotatable bonds is 11. The zero-order valence-electron chi connectivity index (χ0n) is 17.7. The van der Waals surface area contributed by atoms with Gasteiger partial charge in [-0.3, -0.25) is 9.59 Å². The number of fused-ring (bicyclic) bond motifs is 1. The van der Waals surface area contributed by atoms with Crippen LogP contribution in [0.15, 0.2) is 24.4 Å². The summed E-state index contributed by atoms with van der Waals surface area (Å²) in [6, 6.07) is 6.39. The van der Waals surface area contributed by atoms with Crippen molar-refractivity contribution < 1.29 is 23.9 Å². The van der Waals surface area contributed by atoms with Crippen molar-refractivity contribution in [1.82, 2.24) is 10.3 Å². The Morgan fingerprint density at radius 1 is 1.32 bits per heavy atom. The maximum Gasteiger partial charge on any atom is 0.328 e. The van der Waals surface area contributed by atoms with Gasteiger partial charge >= 0.3 is 5.97 Å². The number of Topliss-reactive ketones (excluding diaryl/α,β-unsaturated/α-hetero) is 1. The van der Waals surface area contributed by atoms with E-state index in [9.17, 15) is 19.6 Å². The normalized spacial score (nSPS) is 12.7. The summed E-state index contributed by atoms with van der Waals surface area (Å²) in [6.07, 6.45) is 1.18. The van der Waals surface area contributed by atoms with E-state index in [0.29, 0.717) is 17.2 Å². The van der Waals surface area contributed by atoms with Crippen molar-refractivity contribution in [3.05, 3.63) is 35.5 Å². The highest BCUT2D eigenvalue weighted by Crippen LogP contribution is 2.24. The zero-order valence-corrected chi connectivity index (χ0v) is 17.7. The van der Waals surface area contributed by atoms with Crippen LogP contribution in [0.5, 0.6) is 0 Å². The molecule has 31 heavy (non-hydrogen) atoms. The number of hydrogen-bond donors (Lipinski definition) is 3. The number of amides is 1. The van der Waals surface area contributed by atoms with Crippen LogP contribution in [0.1, 0.15) is 37.8 Å². The number of nitrogens with zero attached hydrogens (tertiary/aromatic N) is 1. The van der Waals surface area contributed by atoms with Crippen LogP contribution in [0, 0.1) is 16.7 Å². The number of benzene rings is 1. The number of ketones is 1. The third kappa shape index (κ3) is 6.23. The highest BCUT2D eigenvalue weighted by Gasteiger charge is 2.28. The first kappa shape index (κ1) is 23.8. The molecule has 1 heterocycles. The fraction of sp³-hybridized carbons (Fsp3) is 0.409. The summed E-state index contributed by atoms with van der Waals surface area (Å²) in [7, 11) is 1.38. The van der Waals surface area contributed by atoms with E-state index in [-0.39, 0.29) is 25.4 Å².